The third-order valence-electron chi connectivity index (χ3n) is 4.50. The Balaban J connectivity index is 1.99. The van der Waals surface area contributed by atoms with E-state index in [-0.39, 0.29) is 5.82 Å². The third kappa shape index (κ3) is 2.39. The molecule has 1 aliphatic heterocycles. The summed E-state index contributed by atoms with van der Waals surface area (Å²) in [6, 6.07) is 7.25. The van der Waals surface area contributed by atoms with Crippen molar-refractivity contribution in [3.63, 3.8) is 0 Å². The Hall–Kier alpha value is -2.31. The van der Waals surface area contributed by atoms with Gasteiger partial charge in [-0.3, -0.25) is 0 Å². The van der Waals surface area contributed by atoms with Crippen molar-refractivity contribution in [2.24, 2.45) is 0 Å². The number of rotatable bonds is 2. The lowest BCUT2D eigenvalue weighted by atomic mass is 10.1. The first-order valence-electron chi connectivity index (χ1n) is 7.96. The van der Waals surface area contributed by atoms with E-state index in [4.69, 9.17) is 4.42 Å². The summed E-state index contributed by atoms with van der Waals surface area (Å²) in [5.74, 6) is -1.46. The molecule has 1 unspecified atom stereocenters. The second kappa shape index (κ2) is 5.36. The fourth-order valence-corrected chi connectivity index (χ4v) is 3.08. The first kappa shape index (κ1) is 15.2. The molecule has 1 fully saturated rings. The van der Waals surface area contributed by atoms with Gasteiger partial charge in [-0.25, -0.2) is 9.97 Å². The topological polar surface area (TPSA) is 42.2 Å². The fraction of sp³-hybridized carbons (Fsp3) is 0.412. The van der Waals surface area contributed by atoms with E-state index >= 15 is 0 Å². The lowest BCUT2D eigenvalue weighted by Gasteiger charge is -2.19. The molecule has 3 heterocycles. The van der Waals surface area contributed by atoms with E-state index in [1.807, 2.05) is 23.1 Å². The smallest absolute Gasteiger partial charge is 0.398 e. The van der Waals surface area contributed by atoms with Gasteiger partial charge in [0, 0.05) is 18.5 Å². The highest BCUT2D eigenvalue weighted by Crippen LogP contribution is 2.38. The van der Waals surface area contributed by atoms with Gasteiger partial charge in [-0.2, -0.15) is 13.2 Å². The molecule has 1 aromatic carbocycles. The quantitative estimate of drug-likeness (QED) is 0.684. The van der Waals surface area contributed by atoms with Crippen molar-refractivity contribution < 1.29 is 17.6 Å². The number of fused-ring (bicyclic) bond motifs is 3. The number of aromatic nitrogens is 2. The summed E-state index contributed by atoms with van der Waals surface area (Å²) in [4.78, 5) is 10.4. The van der Waals surface area contributed by atoms with Crippen LogP contribution in [-0.4, -0.2) is 29.2 Å². The van der Waals surface area contributed by atoms with Crippen molar-refractivity contribution in [3.05, 3.63) is 30.1 Å². The summed E-state index contributed by atoms with van der Waals surface area (Å²) in [5.41, 5.74) is 1.53. The molecule has 7 heteroatoms. The standard InChI is InChI=1S/C17H16F3N3O/c1-10(17(18,19)20)15-21-13-11-6-2-3-7-12(11)24-14(13)16(22-15)23-8-4-5-9-23/h2-3,6-7,10H,4-5,8-9H2,1H3. The third-order valence-corrected chi connectivity index (χ3v) is 4.50. The molecular weight excluding hydrogens is 319 g/mol. The molecule has 1 aliphatic rings. The summed E-state index contributed by atoms with van der Waals surface area (Å²) in [7, 11) is 0. The molecule has 0 N–H and O–H groups in total. The second-order valence-corrected chi connectivity index (χ2v) is 6.14. The molecule has 126 valence electrons. The molecule has 4 nitrogen and oxygen atoms in total. The molecule has 2 aromatic heterocycles. The summed E-state index contributed by atoms with van der Waals surface area (Å²) in [5, 5.41) is 0.714. The highest BCUT2D eigenvalue weighted by atomic mass is 19.4. The van der Waals surface area contributed by atoms with Gasteiger partial charge in [-0.1, -0.05) is 12.1 Å². The van der Waals surface area contributed by atoms with Gasteiger partial charge in [0.15, 0.2) is 11.4 Å². The normalized spacial score (nSPS) is 17.1. The number of halogens is 3. The van der Waals surface area contributed by atoms with Crippen molar-refractivity contribution in [1.29, 1.82) is 0 Å². The molecule has 3 aromatic rings. The van der Waals surface area contributed by atoms with Crippen molar-refractivity contribution in [2.75, 3.05) is 18.0 Å². The van der Waals surface area contributed by atoms with Crippen molar-refractivity contribution in [2.45, 2.75) is 31.9 Å². The minimum Gasteiger partial charge on any atom is -0.450 e. The minimum atomic E-state index is -4.38. The molecule has 0 spiro atoms. The number of benzene rings is 1. The molecule has 24 heavy (non-hydrogen) atoms. The average Bonchev–Trinajstić information content (AvgIpc) is 3.20. The van der Waals surface area contributed by atoms with Gasteiger partial charge in [0.05, 0.1) is 0 Å². The Labute approximate surface area is 136 Å². The van der Waals surface area contributed by atoms with E-state index in [0.29, 0.717) is 27.9 Å². The van der Waals surface area contributed by atoms with Crippen molar-refractivity contribution in [3.8, 4) is 0 Å². The summed E-state index contributed by atoms with van der Waals surface area (Å²) in [6.07, 6.45) is -2.39. The van der Waals surface area contributed by atoms with Gasteiger partial charge >= 0.3 is 6.18 Å². The van der Waals surface area contributed by atoms with Crippen LogP contribution in [-0.2, 0) is 0 Å². The number of hydrogen-bond donors (Lipinski definition) is 0. The van der Waals surface area contributed by atoms with E-state index in [1.165, 1.54) is 0 Å². The van der Waals surface area contributed by atoms with Crippen LogP contribution >= 0.6 is 0 Å². The zero-order chi connectivity index (χ0) is 16.9. The lowest BCUT2D eigenvalue weighted by molar-refractivity contribution is -0.147. The van der Waals surface area contributed by atoms with Crippen molar-refractivity contribution in [1.82, 2.24) is 9.97 Å². The van der Waals surface area contributed by atoms with Crippen LogP contribution in [0.1, 0.15) is 31.5 Å². The number of para-hydroxylation sites is 1. The molecule has 4 rings (SSSR count). The Kier molecular flexibility index (Phi) is 3.40. The maximum atomic E-state index is 13.2. The van der Waals surface area contributed by atoms with Gasteiger partial charge in [-0.15, -0.1) is 0 Å². The van der Waals surface area contributed by atoms with Crippen LogP contribution in [0.5, 0.6) is 0 Å². The second-order valence-electron chi connectivity index (χ2n) is 6.14. The Morgan fingerprint density at radius 2 is 1.83 bits per heavy atom. The van der Waals surface area contributed by atoms with Gasteiger partial charge in [0.25, 0.3) is 0 Å². The zero-order valence-corrected chi connectivity index (χ0v) is 13.1. The van der Waals surface area contributed by atoms with E-state index in [0.717, 1.165) is 32.9 Å². The number of furan rings is 1. The van der Waals surface area contributed by atoms with E-state index in [9.17, 15) is 13.2 Å². The molecule has 0 aliphatic carbocycles. The molecule has 0 saturated carbocycles. The first-order valence-corrected chi connectivity index (χ1v) is 7.96. The van der Waals surface area contributed by atoms with Crippen LogP contribution in [0.4, 0.5) is 19.0 Å². The Morgan fingerprint density at radius 1 is 1.12 bits per heavy atom. The summed E-state index contributed by atoms with van der Waals surface area (Å²) >= 11 is 0. The SMILES string of the molecule is CC(c1nc(N2CCCC2)c2oc3ccccc3c2n1)C(F)(F)F. The van der Waals surface area contributed by atoms with Crippen LogP contribution in [0.2, 0.25) is 0 Å². The average molecular weight is 335 g/mol. The van der Waals surface area contributed by atoms with E-state index < -0.39 is 12.1 Å². The number of alkyl halides is 3. The largest absolute Gasteiger partial charge is 0.450 e. The highest BCUT2D eigenvalue weighted by molar-refractivity contribution is 6.05. The molecule has 0 bridgehead atoms. The van der Waals surface area contributed by atoms with Gasteiger partial charge in [-0.05, 0) is 31.9 Å². The summed E-state index contributed by atoms with van der Waals surface area (Å²) in [6.45, 7) is 2.63. The van der Waals surface area contributed by atoms with E-state index in [1.54, 1.807) is 6.07 Å². The van der Waals surface area contributed by atoms with Crippen LogP contribution in [0, 0.1) is 0 Å². The fourth-order valence-electron chi connectivity index (χ4n) is 3.08. The van der Waals surface area contributed by atoms with Crippen molar-refractivity contribution >= 4 is 27.9 Å². The molecule has 1 saturated heterocycles. The monoisotopic (exact) mass is 335 g/mol. The zero-order valence-electron chi connectivity index (χ0n) is 13.1. The van der Waals surface area contributed by atoms with Gasteiger partial charge in [0.1, 0.15) is 22.8 Å². The molecule has 0 amide bonds. The lowest BCUT2D eigenvalue weighted by Crippen LogP contribution is -2.24. The maximum Gasteiger partial charge on any atom is 0.398 e. The minimum absolute atomic E-state index is 0.205. The van der Waals surface area contributed by atoms with Crippen LogP contribution < -0.4 is 4.90 Å². The predicted octanol–water partition coefficient (Wildman–Crippen LogP) is 4.64. The number of nitrogens with zero attached hydrogens (tertiary/aromatic N) is 3. The van der Waals surface area contributed by atoms with Crippen LogP contribution in [0.15, 0.2) is 28.7 Å². The van der Waals surface area contributed by atoms with Crippen LogP contribution in [0.25, 0.3) is 22.1 Å². The van der Waals surface area contributed by atoms with E-state index in [2.05, 4.69) is 9.97 Å². The van der Waals surface area contributed by atoms with Crippen LogP contribution in [0.3, 0.4) is 0 Å². The molecule has 0 radical (unpaired) electrons. The number of hydrogen-bond acceptors (Lipinski definition) is 4. The summed E-state index contributed by atoms with van der Waals surface area (Å²) < 4.78 is 45.4. The Bertz CT molecular complexity index is 897. The van der Waals surface area contributed by atoms with Gasteiger partial charge < -0.3 is 9.32 Å². The highest BCUT2D eigenvalue weighted by Gasteiger charge is 2.40. The Morgan fingerprint density at radius 3 is 2.54 bits per heavy atom. The van der Waals surface area contributed by atoms with Gasteiger partial charge in [0.2, 0.25) is 0 Å². The molecular formula is C17H16F3N3O. The predicted molar refractivity (Wildman–Crippen MR) is 85.2 cm³/mol. The maximum absolute atomic E-state index is 13.2. The molecule has 1 atom stereocenters. The first-order chi connectivity index (χ1) is 11.4. The number of anilines is 1.